The standard InChI is InChI=1S/C15H18N4O6S2/c1-18(2)27(24,25)13-7-8-15(21)19(9-13)10-14(20)17-11-3-5-12(6-4-11)26(16,22)23/h3-9H,10H2,1-2H3,(H,17,20)(H2,16,22,23). The van der Waals surface area contributed by atoms with E-state index in [9.17, 15) is 26.4 Å². The van der Waals surface area contributed by atoms with Crippen LogP contribution in [-0.4, -0.2) is 45.7 Å². The van der Waals surface area contributed by atoms with Crippen LogP contribution in [0.4, 0.5) is 5.69 Å². The number of amides is 1. The van der Waals surface area contributed by atoms with Gasteiger partial charge in [0, 0.05) is 32.0 Å². The summed E-state index contributed by atoms with van der Waals surface area (Å²) in [7, 11) is -4.90. The molecular weight excluding hydrogens is 396 g/mol. The lowest BCUT2D eigenvalue weighted by Crippen LogP contribution is -2.29. The first-order valence-electron chi connectivity index (χ1n) is 7.47. The molecule has 2 rings (SSSR count). The topological polar surface area (TPSA) is 149 Å². The monoisotopic (exact) mass is 414 g/mol. The van der Waals surface area contributed by atoms with E-state index in [2.05, 4.69) is 5.32 Å². The second kappa shape index (κ2) is 7.60. The molecule has 0 aliphatic rings. The Morgan fingerprint density at radius 1 is 1.04 bits per heavy atom. The molecule has 1 aromatic carbocycles. The summed E-state index contributed by atoms with van der Waals surface area (Å²) in [6, 6.07) is 7.35. The Morgan fingerprint density at radius 2 is 1.59 bits per heavy atom. The Kier molecular flexibility index (Phi) is 5.85. The van der Waals surface area contributed by atoms with Gasteiger partial charge in [-0.05, 0) is 30.3 Å². The van der Waals surface area contributed by atoms with E-state index in [4.69, 9.17) is 5.14 Å². The summed E-state index contributed by atoms with van der Waals surface area (Å²) >= 11 is 0. The van der Waals surface area contributed by atoms with E-state index < -0.39 is 38.1 Å². The molecule has 1 aromatic heterocycles. The minimum atomic E-state index is -3.85. The van der Waals surface area contributed by atoms with Crippen LogP contribution in [0.15, 0.2) is 57.2 Å². The SMILES string of the molecule is CN(C)S(=O)(=O)c1ccc(=O)n(CC(=O)Nc2ccc(S(N)(=O)=O)cc2)c1. The van der Waals surface area contributed by atoms with Crippen molar-refractivity contribution in [3.63, 3.8) is 0 Å². The van der Waals surface area contributed by atoms with Gasteiger partial charge in [-0.15, -0.1) is 0 Å². The first-order valence-corrected chi connectivity index (χ1v) is 10.5. The number of carbonyl (C=O) groups excluding carboxylic acids is 1. The molecule has 0 aliphatic carbocycles. The van der Waals surface area contributed by atoms with Gasteiger partial charge in [0.05, 0.1) is 9.79 Å². The van der Waals surface area contributed by atoms with Crippen LogP contribution in [0.1, 0.15) is 0 Å². The summed E-state index contributed by atoms with van der Waals surface area (Å²) in [4.78, 5) is 23.8. The molecule has 3 N–H and O–H groups in total. The van der Waals surface area contributed by atoms with E-state index in [1.54, 1.807) is 0 Å². The maximum atomic E-state index is 12.1. The highest BCUT2D eigenvalue weighted by Crippen LogP contribution is 2.13. The highest BCUT2D eigenvalue weighted by Gasteiger charge is 2.18. The molecule has 0 atom stereocenters. The second-order valence-corrected chi connectivity index (χ2v) is 9.45. The first kappa shape index (κ1) is 20.8. The number of aromatic nitrogens is 1. The molecule has 0 unspecified atom stereocenters. The van der Waals surface area contributed by atoms with Gasteiger partial charge in [0.2, 0.25) is 26.0 Å². The summed E-state index contributed by atoms with van der Waals surface area (Å²) in [5.41, 5.74) is -0.259. The molecular formula is C15H18N4O6S2. The lowest BCUT2D eigenvalue weighted by atomic mass is 10.3. The van der Waals surface area contributed by atoms with E-state index in [1.807, 2.05) is 0 Å². The average molecular weight is 414 g/mol. The summed E-state index contributed by atoms with van der Waals surface area (Å²) in [6.07, 6.45) is 1.08. The van der Waals surface area contributed by atoms with E-state index >= 15 is 0 Å². The van der Waals surface area contributed by atoms with Crippen molar-refractivity contribution in [2.45, 2.75) is 16.3 Å². The lowest BCUT2D eigenvalue weighted by Gasteiger charge is -2.13. The smallest absolute Gasteiger partial charge is 0.251 e. The van der Waals surface area contributed by atoms with Crippen LogP contribution in [0.3, 0.4) is 0 Å². The molecule has 1 amide bonds. The van der Waals surface area contributed by atoms with Gasteiger partial charge in [-0.3, -0.25) is 9.59 Å². The molecule has 0 fully saturated rings. The molecule has 1 heterocycles. The first-order chi connectivity index (χ1) is 12.4. The van der Waals surface area contributed by atoms with E-state index in [-0.39, 0.29) is 15.5 Å². The van der Waals surface area contributed by atoms with Gasteiger partial charge in [0.1, 0.15) is 6.54 Å². The summed E-state index contributed by atoms with van der Waals surface area (Å²) < 4.78 is 48.6. The number of sulfonamides is 2. The quantitative estimate of drug-likeness (QED) is 0.644. The number of hydrogen-bond donors (Lipinski definition) is 2. The zero-order valence-corrected chi connectivity index (χ0v) is 16.1. The fourth-order valence-electron chi connectivity index (χ4n) is 2.08. The Hall–Kier alpha value is -2.54. The van der Waals surface area contributed by atoms with Crippen molar-refractivity contribution in [2.75, 3.05) is 19.4 Å². The van der Waals surface area contributed by atoms with Crippen molar-refractivity contribution < 1.29 is 21.6 Å². The number of nitrogens with zero attached hydrogens (tertiary/aromatic N) is 2. The third-order valence-electron chi connectivity index (χ3n) is 3.52. The summed E-state index contributed by atoms with van der Waals surface area (Å²) in [5, 5.41) is 7.47. The molecule has 12 heteroatoms. The maximum absolute atomic E-state index is 12.1. The van der Waals surface area contributed by atoms with Crippen molar-refractivity contribution in [1.82, 2.24) is 8.87 Å². The second-order valence-electron chi connectivity index (χ2n) is 5.74. The molecule has 27 heavy (non-hydrogen) atoms. The summed E-state index contributed by atoms with van der Waals surface area (Å²) in [5.74, 6) is -0.597. The van der Waals surface area contributed by atoms with Crippen LogP contribution in [0, 0.1) is 0 Å². The predicted octanol–water partition coefficient (Wildman–Crippen LogP) is -0.615. The number of primary sulfonamides is 1. The van der Waals surface area contributed by atoms with Gasteiger partial charge >= 0.3 is 0 Å². The number of benzene rings is 1. The molecule has 0 radical (unpaired) electrons. The zero-order valence-electron chi connectivity index (χ0n) is 14.5. The number of carbonyl (C=O) groups is 1. The zero-order chi connectivity index (χ0) is 20.4. The van der Waals surface area contributed by atoms with Crippen molar-refractivity contribution in [2.24, 2.45) is 5.14 Å². The van der Waals surface area contributed by atoms with Gasteiger partial charge < -0.3 is 9.88 Å². The number of rotatable bonds is 6. The maximum Gasteiger partial charge on any atom is 0.251 e. The Labute approximate surface area is 156 Å². The van der Waals surface area contributed by atoms with Crippen LogP contribution >= 0.6 is 0 Å². The predicted molar refractivity (Wildman–Crippen MR) is 98.0 cm³/mol. The van der Waals surface area contributed by atoms with Crippen molar-refractivity contribution in [3.05, 3.63) is 52.9 Å². The minimum Gasteiger partial charge on any atom is -0.325 e. The van der Waals surface area contributed by atoms with Crippen molar-refractivity contribution >= 4 is 31.6 Å². The van der Waals surface area contributed by atoms with E-state index in [0.717, 1.165) is 27.2 Å². The third-order valence-corrected chi connectivity index (χ3v) is 6.24. The van der Waals surface area contributed by atoms with E-state index in [0.29, 0.717) is 0 Å². The molecule has 10 nitrogen and oxygen atoms in total. The molecule has 2 aromatic rings. The largest absolute Gasteiger partial charge is 0.325 e. The Balaban J connectivity index is 2.20. The van der Waals surface area contributed by atoms with Crippen molar-refractivity contribution in [1.29, 1.82) is 0 Å². The highest BCUT2D eigenvalue weighted by molar-refractivity contribution is 7.89. The molecule has 0 spiro atoms. The molecule has 0 saturated heterocycles. The van der Waals surface area contributed by atoms with Crippen LogP contribution in [0.2, 0.25) is 0 Å². The molecule has 0 bridgehead atoms. The van der Waals surface area contributed by atoms with Crippen molar-refractivity contribution in [3.8, 4) is 0 Å². The fourth-order valence-corrected chi connectivity index (χ4v) is 3.52. The van der Waals surface area contributed by atoms with Gasteiger partial charge in [-0.1, -0.05) is 0 Å². The minimum absolute atomic E-state index is 0.113. The van der Waals surface area contributed by atoms with Crippen LogP contribution in [0.5, 0.6) is 0 Å². The number of nitrogens with two attached hydrogens (primary N) is 1. The van der Waals surface area contributed by atoms with Gasteiger partial charge in [0.15, 0.2) is 0 Å². The molecule has 146 valence electrons. The fraction of sp³-hybridized carbons (Fsp3) is 0.200. The number of pyridine rings is 1. The summed E-state index contributed by atoms with van der Waals surface area (Å²) in [6.45, 7) is -0.424. The Morgan fingerprint density at radius 3 is 2.11 bits per heavy atom. The Bertz CT molecular complexity index is 1120. The van der Waals surface area contributed by atoms with Crippen LogP contribution < -0.4 is 16.0 Å². The van der Waals surface area contributed by atoms with Crippen LogP contribution in [-0.2, 0) is 31.4 Å². The third kappa shape index (κ3) is 5.01. The lowest BCUT2D eigenvalue weighted by molar-refractivity contribution is -0.116. The normalized spacial score (nSPS) is 12.1. The van der Waals surface area contributed by atoms with Crippen LogP contribution in [0.25, 0.3) is 0 Å². The number of nitrogens with one attached hydrogen (secondary N) is 1. The average Bonchev–Trinajstić information content (AvgIpc) is 2.56. The van der Waals surface area contributed by atoms with Gasteiger partial charge in [-0.2, -0.15) is 0 Å². The van der Waals surface area contributed by atoms with E-state index in [1.165, 1.54) is 38.4 Å². The highest BCUT2D eigenvalue weighted by atomic mass is 32.2. The van der Waals surface area contributed by atoms with Gasteiger partial charge in [0.25, 0.3) is 5.56 Å². The number of anilines is 1. The molecule has 0 saturated carbocycles. The molecule has 0 aliphatic heterocycles. The van der Waals surface area contributed by atoms with Gasteiger partial charge in [-0.25, -0.2) is 26.3 Å². The number of hydrogen-bond acceptors (Lipinski definition) is 6.